The molecule has 2 rings (SSSR count). The molecule has 1 aliphatic rings. The first kappa shape index (κ1) is 15.0. The van der Waals surface area contributed by atoms with Gasteiger partial charge in [-0.3, -0.25) is 9.69 Å². The minimum Gasteiger partial charge on any atom is -0.481 e. The Hall–Kier alpha value is -1.42. The van der Waals surface area contributed by atoms with Gasteiger partial charge in [-0.25, -0.2) is 4.39 Å². The van der Waals surface area contributed by atoms with Gasteiger partial charge in [0.1, 0.15) is 5.82 Å². The van der Waals surface area contributed by atoms with Crippen molar-refractivity contribution in [3.63, 3.8) is 0 Å². The lowest BCUT2D eigenvalue weighted by Crippen LogP contribution is -2.44. The van der Waals surface area contributed by atoms with Gasteiger partial charge in [-0.1, -0.05) is 19.1 Å². The number of carboxylic acids is 1. The lowest BCUT2D eigenvalue weighted by atomic mass is 9.80. The summed E-state index contributed by atoms with van der Waals surface area (Å²) in [5.41, 5.74) is 0.505. The van der Waals surface area contributed by atoms with E-state index in [1.807, 2.05) is 19.1 Å². The van der Waals surface area contributed by atoms with Gasteiger partial charge in [0.05, 0.1) is 5.41 Å². The Labute approximate surface area is 119 Å². The first-order valence-electron chi connectivity index (χ1n) is 7.19. The molecule has 0 amide bonds. The van der Waals surface area contributed by atoms with Crippen molar-refractivity contribution in [2.24, 2.45) is 5.41 Å². The summed E-state index contributed by atoms with van der Waals surface area (Å²) < 4.78 is 13.0. The van der Waals surface area contributed by atoms with Crippen LogP contribution >= 0.6 is 0 Å². The van der Waals surface area contributed by atoms with Crippen molar-refractivity contribution in [2.45, 2.75) is 39.2 Å². The first-order valence-corrected chi connectivity index (χ1v) is 7.19. The van der Waals surface area contributed by atoms with E-state index >= 15 is 0 Å². The minimum atomic E-state index is -0.702. The quantitative estimate of drug-likeness (QED) is 0.917. The van der Waals surface area contributed by atoms with Crippen LogP contribution in [-0.4, -0.2) is 29.1 Å². The zero-order valence-electron chi connectivity index (χ0n) is 12.1. The first-order chi connectivity index (χ1) is 9.46. The zero-order chi connectivity index (χ0) is 14.8. The summed E-state index contributed by atoms with van der Waals surface area (Å²) in [6.45, 7) is 5.49. The number of halogens is 1. The lowest BCUT2D eigenvalue weighted by molar-refractivity contribution is -0.151. The van der Waals surface area contributed by atoms with Crippen molar-refractivity contribution < 1.29 is 14.3 Å². The summed E-state index contributed by atoms with van der Waals surface area (Å²) in [5.74, 6) is -0.923. The molecule has 0 bridgehead atoms. The van der Waals surface area contributed by atoms with Crippen molar-refractivity contribution in [1.82, 2.24) is 4.90 Å². The van der Waals surface area contributed by atoms with E-state index in [9.17, 15) is 14.3 Å². The van der Waals surface area contributed by atoms with E-state index in [0.717, 1.165) is 25.1 Å². The van der Waals surface area contributed by atoms with Gasteiger partial charge >= 0.3 is 5.97 Å². The Bertz CT molecular complexity index is 464. The van der Waals surface area contributed by atoms with E-state index in [4.69, 9.17) is 0 Å². The summed E-state index contributed by atoms with van der Waals surface area (Å²) in [6, 6.07) is 6.88. The maximum absolute atomic E-state index is 13.0. The number of carbonyl (C=O) groups is 1. The van der Waals surface area contributed by atoms with Gasteiger partial charge in [-0.05, 0) is 57.0 Å². The van der Waals surface area contributed by atoms with Crippen LogP contribution < -0.4 is 0 Å². The van der Waals surface area contributed by atoms with Gasteiger partial charge < -0.3 is 5.11 Å². The van der Waals surface area contributed by atoms with Gasteiger partial charge in [0.2, 0.25) is 0 Å². The summed E-state index contributed by atoms with van der Waals surface area (Å²) >= 11 is 0. The van der Waals surface area contributed by atoms with Crippen molar-refractivity contribution in [3.8, 4) is 0 Å². The highest BCUT2D eigenvalue weighted by molar-refractivity contribution is 5.74. The molecule has 0 spiro atoms. The second-order valence-corrected chi connectivity index (χ2v) is 5.88. The molecule has 1 saturated heterocycles. The summed E-state index contributed by atoms with van der Waals surface area (Å²) in [7, 11) is 0. The molecule has 1 aromatic rings. The van der Waals surface area contributed by atoms with Crippen LogP contribution in [0.5, 0.6) is 0 Å². The molecule has 1 atom stereocenters. The lowest BCUT2D eigenvalue weighted by Gasteiger charge is -2.40. The highest BCUT2D eigenvalue weighted by Gasteiger charge is 2.38. The minimum absolute atomic E-state index is 0.222. The molecule has 110 valence electrons. The van der Waals surface area contributed by atoms with Crippen LogP contribution in [0.4, 0.5) is 4.39 Å². The number of hydrogen-bond donors (Lipinski definition) is 1. The molecule has 0 aliphatic carbocycles. The molecular weight excluding hydrogens is 257 g/mol. The number of nitrogens with zero attached hydrogens (tertiary/aromatic N) is 1. The summed E-state index contributed by atoms with van der Waals surface area (Å²) in [5, 5.41) is 9.27. The van der Waals surface area contributed by atoms with Gasteiger partial charge in [-0.15, -0.1) is 0 Å². The van der Waals surface area contributed by atoms with Gasteiger partial charge in [0.15, 0.2) is 0 Å². The average molecular weight is 279 g/mol. The molecule has 1 unspecified atom stereocenters. The molecular formula is C16H22FNO2. The Kier molecular flexibility index (Phi) is 4.43. The second kappa shape index (κ2) is 5.92. The molecule has 1 aromatic carbocycles. The maximum atomic E-state index is 13.0. The van der Waals surface area contributed by atoms with Crippen molar-refractivity contribution in [2.75, 3.05) is 13.1 Å². The Morgan fingerprint density at radius 2 is 1.90 bits per heavy atom. The van der Waals surface area contributed by atoms with Crippen LogP contribution in [0.1, 0.15) is 44.7 Å². The summed E-state index contributed by atoms with van der Waals surface area (Å²) in [4.78, 5) is 13.6. The van der Waals surface area contributed by atoms with E-state index < -0.39 is 11.4 Å². The number of rotatable bonds is 4. The number of likely N-dealkylation sites (tertiary alicyclic amines) is 1. The van der Waals surface area contributed by atoms with Crippen LogP contribution in [0, 0.1) is 11.2 Å². The molecule has 1 N–H and O–H groups in total. The number of carboxylic acid groups (broad SMARTS) is 1. The molecule has 1 heterocycles. The third kappa shape index (κ3) is 3.01. The number of benzene rings is 1. The van der Waals surface area contributed by atoms with Crippen LogP contribution in [0.25, 0.3) is 0 Å². The smallest absolute Gasteiger partial charge is 0.309 e. The van der Waals surface area contributed by atoms with Gasteiger partial charge in [0, 0.05) is 6.04 Å². The van der Waals surface area contributed by atoms with E-state index in [0.29, 0.717) is 12.8 Å². The predicted octanol–water partition coefficient (Wildman–Crippen LogP) is 3.46. The van der Waals surface area contributed by atoms with E-state index in [1.54, 1.807) is 0 Å². The Morgan fingerprint density at radius 1 is 1.35 bits per heavy atom. The molecule has 0 saturated carbocycles. The standard InChI is InChI=1S/C16H22FNO2/c1-3-14(12-4-6-13(17)7-5-12)18-10-8-16(2,9-11-18)15(19)20/h4-7,14H,3,8-11H2,1-2H3,(H,19,20). The van der Waals surface area contributed by atoms with E-state index in [2.05, 4.69) is 11.8 Å². The normalized spacial score (nSPS) is 20.6. The topological polar surface area (TPSA) is 40.5 Å². The fraction of sp³-hybridized carbons (Fsp3) is 0.562. The van der Waals surface area contributed by atoms with Crippen LogP contribution in [-0.2, 0) is 4.79 Å². The molecule has 1 fully saturated rings. The fourth-order valence-corrected chi connectivity index (χ4v) is 2.93. The van der Waals surface area contributed by atoms with E-state index in [-0.39, 0.29) is 11.9 Å². The SMILES string of the molecule is CCC(c1ccc(F)cc1)N1CCC(C)(C(=O)O)CC1. The highest BCUT2D eigenvalue weighted by Crippen LogP contribution is 2.35. The van der Waals surface area contributed by atoms with Crippen molar-refractivity contribution in [3.05, 3.63) is 35.6 Å². The second-order valence-electron chi connectivity index (χ2n) is 5.88. The molecule has 3 nitrogen and oxygen atoms in total. The highest BCUT2D eigenvalue weighted by atomic mass is 19.1. The van der Waals surface area contributed by atoms with Gasteiger partial charge in [-0.2, -0.15) is 0 Å². The number of hydrogen-bond acceptors (Lipinski definition) is 2. The molecule has 0 radical (unpaired) electrons. The van der Waals surface area contributed by atoms with Crippen molar-refractivity contribution in [1.29, 1.82) is 0 Å². The number of piperidine rings is 1. The fourth-order valence-electron chi connectivity index (χ4n) is 2.93. The third-order valence-corrected chi connectivity index (χ3v) is 4.50. The molecule has 20 heavy (non-hydrogen) atoms. The Morgan fingerprint density at radius 3 is 2.35 bits per heavy atom. The summed E-state index contributed by atoms with van der Waals surface area (Å²) in [6.07, 6.45) is 2.27. The molecule has 1 aliphatic heterocycles. The average Bonchev–Trinajstić information content (AvgIpc) is 2.43. The van der Waals surface area contributed by atoms with Crippen LogP contribution in [0.2, 0.25) is 0 Å². The van der Waals surface area contributed by atoms with Crippen LogP contribution in [0.15, 0.2) is 24.3 Å². The Balaban J connectivity index is 2.07. The van der Waals surface area contributed by atoms with Crippen LogP contribution in [0.3, 0.4) is 0 Å². The third-order valence-electron chi connectivity index (χ3n) is 4.50. The molecule has 4 heteroatoms. The van der Waals surface area contributed by atoms with E-state index in [1.165, 1.54) is 12.1 Å². The van der Waals surface area contributed by atoms with Crippen molar-refractivity contribution >= 4 is 5.97 Å². The number of aliphatic carboxylic acids is 1. The molecule has 0 aromatic heterocycles. The maximum Gasteiger partial charge on any atom is 0.309 e. The largest absolute Gasteiger partial charge is 0.481 e. The zero-order valence-corrected chi connectivity index (χ0v) is 12.1. The predicted molar refractivity (Wildman–Crippen MR) is 76.0 cm³/mol. The monoisotopic (exact) mass is 279 g/mol. The van der Waals surface area contributed by atoms with Gasteiger partial charge in [0.25, 0.3) is 0 Å².